The summed E-state index contributed by atoms with van der Waals surface area (Å²) in [6.07, 6.45) is 2.68. The lowest BCUT2D eigenvalue weighted by Gasteiger charge is -2.05. The Balaban J connectivity index is 2.00. The van der Waals surface area contributed by atoms with Gasteiger partial charge in [0, 0.05) is 18.4 Å². The lowest BCUT2D eigenvalue weighted by Crippen LogP contribution is -2.06. The summed E-state index contributed by atoms with van der Waals surface area (Å²) in [5.41, 5.74) is 1.75. The average Bonchev–Trinajstić information content (AvgIpc) is 2.98. The molecule has 0 aliphatic heterocycles. The van der Waals surface area contributed by atoms with Crippen LogP contribution in [0.5, 0.6) is 0 Å². The van der Waals surface area contributed by atoms with Crippen LogP contribution in [0.4, 0.5) is 0 Å². The Morgan fingerprint density at radius 2 is 1.74 bits per heavy atom. The molecule has 2 aromatic rings. The van der Waals surface area contributed by atoms with Crippen LogP contribution in [0.3, 0.4) is 0 Å². The van der Waals surface area contributed by atoms with E-state index in [0.29, 0.717) is 5.76 Å². The van der Waals surface area contributed by atoms with E-state index in [1.54, 1.807) is 12.1 Å². The number of furan rings is 1. The van der Waals surface area contributed by atoms with Crippen molar-refractivity contribution in [2.45, 2.75) is 26.2 Å². The standard InChI is InChI=1S/C16H16O3/c1-2-12-6-3-4-7-13(12)14(17)9-10-15(18)16-8-5-11-19-16/h3-8,11H,2,9-10H2,1H3. The van der Waals surface area contributed by atoms with Crippen molar-refractivity contribution >= 4 is 11.6 Å². The van der Waals surface area contributed by atoms with Crippen molar-refractivity contribution in [3.05, 3.63) is 59.5 Å². The Morgan fingerprint density at radius 1 is 1.00 bits per heavy atom. The molecule has 3 nitrogen and oxygen atoms in total. The summed E-state index contributed by atoms with van der Waals surface area (Å²) >= 11 is 0. The highest BCUT2D eigenvalue weighted by Gasteiger charge is 2.14. The zero-order valence-electron chi connectivity index (χ0n) is 10.9. The van der Waals surface area contributed by atoms with Gasteiger partial charge in [-0.3, -0.25) is 9.59 Å². The molecule has 19 heavy (non-hydrogen) atoms. The summed E-state index contributed by atoms with van der Waals surface area (Å²) in [5, 5.41) is 0. The largest absolute Gasteiger partial charge is 0.461 e. The summed E-state index contributed by atoms with van der Waals surface area (Å²) in [7, 11) is 0. The third-order valence-electron chi connectivity index (χ3n) is 3.07. The Labute approximate surface area is 112 Å². The lowest BCUT2D eigenvalue weighted by molar-refractivity contribution is 0.0902. The van der Waals surface area contributed by atoms with E-state index in [0.717, 1.165) is 17.5 Å². The van der Waals surface area contributed by atoms with E-state index in [2.05, 4.69) is 0 Å². The van der Waals surface area contributed by atoms with Crippen molar-refractivity contribution in [1.82, 2.24) is 0 Å². The van der Waals surface area contributed by atoms with Crippen molar-refractivity contribution in [2.24, 2.45) is 0 Å². The van der Waals surface area contributed by atoms with Crippen LogP contribution in [0.25, 0.3) is 0 Å². The van der Waals surface area contributed by atoms with Gasteiger partial charge in [0.05, 0.1) is 6.26 Å². The fraction of sp³-hybridized carbons (Fsp3) is 0.250. The molecule has 0 aliphatic carbocycles. The molecule has 0 saturated heterocycles. The second kappa shape index (κ2) is 6.14. The van der Waals surface area contributed by atoms with E-state index < -0.39 is 0 Å². The number of carbonyl (C=O) groups excluding carboxylic acids is 2. The molecule has 0 aliphatic rings. The van der Waals surface area contributed by atoms with Gasteiger partial charge in [0.15, 0.2) is 17.3 Å². The van der Waals surface area contributed by atoms with Crippen LogP contribution in [0.1, 0.15) is 46.2 Å². The highest BCUT2D eigenvalue weighted by atomic mass is 16.3. The maximum atomic E-state index is 12.1. The van der Waals surface area contributed by atoms with Gasteiger partial charge >= 0.3 is 0 Å². The smallest absolute Gasteiger partial charge is 0.198 e. The lowest BCUT2D eigenvalue weighted by atomic mass is 9.98. The van der Waals surface area contributed by atoms with E-state index in [1.165, 1.54) is 6.26 Å². The summed E-state index contributed by atoms with van der Waals surface area (Å²) in [4.78, 5) is 23.9. The fourth-order valence-electron chi connectivity index (χ4n) is 2.02. The zero-order valence-corrected chi connectivity index (χ0v) is 10.9. The number of Topliss-reactive ketones (excluding diaryl/α,β-unsaturated/α-hetero) is 2. The molecule has 98 valence electrons. The van der Waals surface area contributed by atoms with Crippen LogP contribution in [-0.2, 0) is 6.42 Å². The number of hydrogen-bond acceptors (Lipinski definition) is 3. The van der Waals surface area contributed by atoms with Gasteiger partial charge < -0.3 is 4.42 Å². The molecule has 0 atom stereocenters. The SMILES string of the molecule is CCc1ccccc1C(=O)CCC(=O)c1ccco1. The van der Waals surface area contributed by atoms with Crippen molar-refractivity contribution in [3.8, 4) is 0 Å². The molecular weight excluding hydrogens is 240 g/mol. The van der Waals surface area contributed by atoms with Gasteiger partial charge in [0.1, 0.15) is 0 Å². The first-order valence-corrected chi connectivity index (χ1v) is 6.40. The minimum Gasteiger partial charge on any atom is -0.461 e. The summed E-state index contributed by atoms with van der Waals surface area (Å²) < 4.78 is 5.02. The topological polar surface area (TPSA) is 47.3 Å². The number of carbonyl (C=O) groups is 2. The number of hydrogen-bond donors (Lipinski definition) is 0. The Morgan fingerprint density at radius 3 is 2.42 bits per heavy atom. The van der Waals surface area contributed by atoms with E-state index >= 15 is 0 Å². The first-order chi connectivity index (χ1) is 9.22. The summed E-state index contributed by atoms with van der Waals surface area (Å²) in [6, 6.07) is 10.8. The van der Waals surface area contributed by atoms with Gasteiger partial charge in [0.25, 0.3) is 0 Å². The average molecular weight is 256 g/mol. The molecule has 3 heteroatoms. The molecule has 0 N–H and O–H groups in total. The number of benzene rings is 1. The Bertz CT molecular complexity index is 567. The third-order valence-corrected chi connectivity index (χ3v) is 3.07. The van der Waals surface area contributed by atoms with Gasteiger partial charge in [-0.15, -0.1) is 0 Å². The molecule has 0 amide bonds. The Hall–Kier alpha value is -2.16. The van der Waals surface area contributed by atoms with Gasteiger partial charge in [-0.1, -0.05) is 31.2 Å². The molecule has 1 aromatic heterocycles. The Kier molecular flexibility index (Phi) is 4.29. The zero-order chi connectivity index (χ0) is 13.7. The third kappa shape index (κ3) is 3.19. The molecule has 0 radical (unpaired) electrons. The summed E-state index contributed by atoms with van der Waals surface area (Å²) in [5.74, 6) is 0.196. The molecule has 1 heterocycles. The van der Waals surface area contributed by atoms with Gasteiger partial charge in [-0.05, 0) is 24.1 Å². The van der Waals surface area contributed by atoms with Gasteiger partial charge in [0.2, 0.25) is 0 Å². The number of ketones is 2. The van der Waals surface area contributed by atoms with Crippen LogP contribution in [0, 0.1) is 0 Å². The monoisotopic (exact) mass is 256 g/mol. The second-order valence-corrected chi connectivity index (χ2v) is 4.33. The van der Waals surface area contributed by atoms with Crippen LogP contribution in [0.2, 0.25) is 0 Å². The minimum atomic E-state index is -0.132. The summed E-state index contributed by atoms with van der Waals surface area (Å²) in [6.45, 7) is 2.01. The first kappa shape index (κ1) is 13.3. The number of aryl methyl sites for hydroxylation is 1. The van der Waals surface area contributed by atoms with Crippen LogP contribution >= 0.6 is 0 Å². The van der Waals surface area contributed by atoms with E-state index in [1.807, 2.05) is 31.2 Å². The maximum absolute atomic E-state index is 12.1. The predicted octanol–water partition coefficient (Wildman–Crippen LogP) is 3.69. The molecule has 1 aromatic carbocycles. The van der Waals surface area contributed by atoms with E-state index in [9.17, 15) is 9.59 Å². The van der Waals surface area contributed by atoms with Crippen molar-refractivity contribution in [2.75, 3.05) is 0 Å². The molecule has 0 unspecified atom stereocenters. The molecular formula is C16H16O3. The van der Waals surface area contributed by atoms with Gasteiger partial charge in [-0.25, -0.2) is 0 Å². The molecule has 0 fully saturated rings. The molecule has 2 rings (SSSR count). The first-order valence-electron chi connectivity index (χ1n) is 6.40. The van der Waals surface area contributed by atoms with E-state index in [4.69, 9.17) is 4.42 Å². The van der Waals surface area contributed by atoms with Crippen LogP contribution in [0.15, 0.2) is 47.1 Å². The molecule has 0 spiro atoms. The van der Waals surface area contributed by atoms with Gasteiger partial charge in [-0.2, -0.15) is 0 Å². The maximum Gasteiger partial charge on any atom is 0.198 e. The van der Waals surface area contributed by atoms with E-state index in [-0.39, 0.29) is 24.4 Å². The second-order valence-electron chi connectivity index (χ2n) is 4.33. The normalized spacial score (nSPS) is 10.4. The van der Waals surface area contributed by atoms with Crippen molar-refractivity contribution < 1.29 is 14.0 Å². The van der Waals surface area contributed by atoms with Crippen molar-refractivity contribution in [3.63, 3.8) is 0 Å². The number of rotatable bonds is 6. The van der Waals surface area contributed by atoms with Crippen LogP contribution in [-0.4, -0.2) is 11.6 Å². The van der Waals surface area contributed by atoms with Crippen LogP contribution < -0.4 is 0 Å². The highest BCUT2D eigenvalue weighted by molar-refractivity contribution is 6.01. The van der Waals surface area contributed by atoms with Crippen molar-refractivity contribution in [1.29, 1.82) is 0 Å². The molecule has 0 saturated carbocycles. The molecule has 0 bridgehead atoms. The quantitative estimate of drug-likeness (QED) is 0.740. The fourth-order valence-corrected chi connectivity index (χ4v) is 2.02. The highest BCUT2D eigenvalue weighted by Crippen LogP contribution is 2.14. The minimum absolute atomic E-state index is 0.0114. The predicted molar refractivity (Wildman–Crippen MR) is 72.4 cm³/mol.